The molecule has 1 aliphatic heterocycles. The summed E-state index contributed by atoms with van der Waals surface area (Å²) < 4.78 is 75.6. The van der Waals surface area contributed by atoms with Gasteiger partial charge >= 0.3 is 6.18 Å². The molecule has 1 aromatic heterocycles. The number of nitrogens with two attached hydrogens (primary N) is 1. The molecule has 1 aliphatic carbocycles. The van der Waals surface area contributed by atoms with E-state index < -0.39 is 48.5 Å². The first-order valence-electron chi connectivity index (χ1n) is 9.85. The summed E-state index contributed by atoms with van der Waals surface area (Å²) in [4.78, 5) is 24.3. The molecule has 1 saturated carbocycles. The minimum atomic E-state index is -4.57. The van der Waals surface area contributed by atoms with E-state index in [0.717, 1.165) is 12.3 Å². The van der Waals surface area contributed by atoms with Gasteiger partial charge in [0.2, 0.25) is 5.88 Å². The Balaban J connectivity index is 1.60. The molecule has 1 aromatic carbocycles. The Kier molecular flexibility index (Phi) is 6.00. The zero-order valence-corrected chi connectivity index (χ0v) is 18.2. The van der Waals surface area contributed by atoms with Gasteiger partial charge in [-0.15, -0.1) is 0 Å². The van der Waals surface area contributed by atoms with E-state index >= 15 is 0 Å². The van der Waals surface area contributed by atoms with Crippen LogP contribution in [-0.2, 0) is 10.3 Å². The molecule has 0 bridgehead atoms. The van der Waals surface area contributed by atoms with Crippen LogP contribution in [0.5, 0.6) is 5.88 Å². The van der Waals surface area contributed by atoms with Gasteiger partial charge in [-0.3, -0.25) is 4.79 Å². The van der Waals surface area contributed by atoms with Gasteiger partial charge in [0.15, 0.2) is 6.61 Å². The van der Waals surface area contributed by atoms with Crippen LogP contribution >= 0.6 is 11.6 Å². The van der Waals surface area contributed by atoms with E-state index in [1.54, 1.807) is 0 Å². The summed E-state index contributed by atoms with van der Waals surface area (Å²) in [6, 6.07) is 1.96. The van der Waals surface area contributed by atoms with Gasteiger partial charge in [0, 0.05) is 17.2 Å². The third-order valence-electron chi connectivity index (χ3n) is 5.41. The van der Waals surface area contributed by atoms with Crippen LogP contribution in [0.1, 0.15) is 28.2 Å². The molecule has 2 heterocycles. The summed E-state index contributed by atoms with van der Waals surface area (Å²) in [7, 11) is 0. The molecule has 0 unspecified atom stereocenters. The van der Waals surface area contributed by atoms with Crippen molar-refractivity contribution in [1.29, 1.82) is 0 Å². The lowest BCUT2D eigenvalue weighted by Gasteiger charge is -2.32. The van der Waals surface area contributed by atoms with Gasteiger partial charge in [-0.25, -0.2) is 23.7 Å². The Labute approximate surface area is 194 Å². The summed E-state index contributed by atoms with van der Waals surface area (Å²) in [6.07, 6.45) is -3.65. The fourth-order valence-corrected chi connectivity index (χ4v) is 4.07. The number of alkyl halides is 4. The lowest BCUT2D eigenvalue weighted by atomic mass is 9.85. The van der Waals surface area contributed by atoms with Crippen molar-refractivity contribution in [3.63, 3.8) is 0 Å². The molecular weight excluding hydrogens is 489 g/mol. The number of amides is 1. The number of hydrogen-bond acceptors (Lipinski definition) is 7. The van der Waals surface area contributed by atoms with E-state index in [-0.39, 0.29) is 39.8 Å². The first kappa shape index (κ1) is 23.9. The zero-order valence-electron chi connectivity index (χ0n) is 17.4. The van der Waals surface area contributed by atoms with Crippen molar-refractivity contribution in [2.75, 3.05) is 18.6 Å². The number of amidine groups is 1. The summed E-state index contributed by atoms with van der Waals surface area (Å²) in [5, 5.41) is 2.04. The van der Waals surface area contributed by atoms with Crippen molar-refractivity contribution in [2.45, 2.75) is 31.2 Å². The van der Waals surface area contributed by atoms with Crippen LogP contribution in [0.2, 0.25) is 5.02 Å². The number of aromatic nitrogens is 2. The van der Waals surface area contributed by atoms with Gasteiger partial charge in [-0.1, -0.05) is 11.6 Å². The Morgan fingerprint density at radius 3 is 2.79 bits per heavy atom. The predicted octanol–water partition coefficient (Wildman–Crippen LogP) is 3.67. The van der Waals surface area contributed by atoms with Gasteiger partial charge in [0.25, 0.3) is 11.9 Å². The summed E-state index contributed by atoms with van der Waals surface area (Å²) >= 11 is 6.13. The van der Waals surface area contributed by atoms with Crippen LogP contribution in [-0.4, -0.2) is 47.5 Å². The van der Waals surface area contributed by atoms with Crippen molar-refractivity contribution in [3.8, 4) is 5.88 Å². The lowest BCUT2D eigenvalue weighted by molar-refractivity contribution is -0.154. The molecule has 34 heavy (non-hydrogen) atoms. The third-order valence-corrected chi connectivity index (χ3v) is 5.79. The highest BCUT2D eigenvalue weighted by molar-refractivity contribution is 6.31. The first-order valence-corrected chi connectivity index (χ1v) is 10.2. The van der Waals surface area contributed by atoms with Crippen molar-refractivity contribution in [1.82, 2.24) is 9.97 Å². The standard InChI is InChI=1S/C20H17ClF5N5O3/c1-8-16(28-5-14(29-8)33-7-20(24,25)26)17(32)30-9-2-11(15(21)12(23)3-9)19(6-22)10-4-13(10)34-18(27)31-19/h2-3,5,10,13H,4,6-7H2,1H3,(H2,27,31)(H,30,32)/t10-,13+,19+/m0/s1. The van der Waals surface area contributed by atoms with Crippen molar-refractivity contribution < 1.29 is 36.2 Å². The van der Waals surface area contributed by atoms with Crippen LogP contribution in [0.3, 0.4) is 0 Å². The molecule has 0 saturated heterocycles. The molecule has 4 rings (SSSR count). The molecule has 2 aliphatic rings. The highest BCUT2D eigenvalue weighted by Gasteiger charge is 2.60. The SMILES string of the molecule is Cc1nc(OCC(F)(F)F)cnc1C(=O)Nc1cc(F)c(Cl)c([C@]2(CF)N=C(N)O[C@@H]3C[C@@H]32)c1. The van der Waals surface area contributed by atoms with E-state index in [9.17, 15) is 26.7 Å². The number of aryl methyl sites for hydroxylation is 1. The number of nitrogens with zero attached hydrogens (tertiary/aromatic N) is 3. The zero-order chi connectivity index (χ0) is 24.8. The summed E-state index contributed by atoms with van der Waals surface area (Å²) in [5.74, 6) is -2.61. The van der Waals surface area contributed by atoms with Crippen molar-refractivity contribution >= 4 is 29.2 Å². The van der Waals surface area contributed by atoms with Gasteiger partial charge in [0.05, 0.1) is 16.9 Å². The molecular formula is C20H17ClF5N5O3. The monoisotopic (exact) mass is 505 g/mol. The largest absolute Gasteiger partial charge is 0.467 e. The normalized spacial score (nSPS) is 23.4. The fraction of sp³-hybridized carbons (Fsp3) is 0.400. The molecule has 14 heteroatoms. The Hall–Kier alpha value is -3.22. The second-order valence-electron chi connectivity index (χ2n) is 7.83. The Morgan fingerprint density at radius 2 is 2.15 bits per heavy atom. The van der Waals surface area contributed by atoms with Crippen LogP contribution in [0.25, 0.3) is 0 Å². The van der Waals surface area contributed by atoms with E-state index in [2.05, 4.69) is 25.0 Å². The number of nitrogens with one attached hydrogen (secondary N) is 1. The van der Waals surface area contributed by atoms with Crippen molar-refractivity contribution in [2.24, 2.45) is 16.6 Å². The van der Waals surface area contributed by atoms with E-state index in [4.69, 9.17) is 22.1 Å². The number of anilines is 1. The smallest absolute Gasteiger partial charge is 0.422 e. The number of halogens is 6. The highest BCUT2D eigenvalue weighted by atomic mass is 35.5. The maximum absolute atomic E-state index is 14.7. The second kappa shape index (κ2) is 8.53. The number of carbonyl (C=O) groups excluding carboxylic acids is 1. The summed E-state index contributed by atoms with van der Waals surface area (Å²) in [6.45, 7) is -1.27. The number of rotatable bonds is 6. The average Bonchev–Trinajstić information content (AvgIpc) is 3.53. The van der Waals surface area contributed by atoms with Crippen LogP contribution in [0.15, 0.2) is 23.3 Å². The lowest BCUT2D eigenvalue weighted by Crippen LogP contribution is -2.39. The second-order valence-corrected chi connectivity index (χ2v) is 8.20. The quantitative estimate of drug-likeness (QED) is 0.579. The van der Waals surface area contributed by atoms with Gasteiger partial charge in [0.1, 0.15) is 29.8 Å². The first-order chi connectivity index (χ1) is 15.9. The van der Waals surface area contributed by atoms with Gasteiger partial charge in [-0.2, -0.15) is 13.2 Å². The highest BCUT2D eigenvalue weighted by Crippen LogP contribution is 2.55. The molecule has 0 radical (unpaired) electrons. The minimum absolute atomic E-state index is 0.00980. The average molecular weight is 506 g/mol. The fourth-order valence-electron chi connectivity index (χ4n) is 3.80. The molecule has 1 amide bonds. The number of aliphatic imine (C=N–C) groups is 1. The molecule has 0 spiro atoms. The van der Waals surface area contributed by atoms with E-state index in [0.29, 0.717) is 6.42 Å². The Morgan fingerprint density at radius 1 is 1.41 bits per heavy atom. The summed E-state index contributed by atoms with van der Waals surface area (Å²) in [5.41, 5.74) is 3.73. The van der Waals surface area contributed by atoms with Crippen LogP contribution in [0, 0.1) is 18.7 Å². The van der Waals surface area contributed by atoms with Gasteiger partial charge < -0.3 is 20.5 Å². The van der Waals surface area contributed by atoms with E-state index in [1.807, 2.05) is 0 Å². The number of fused-ring (bicyclic) bond motifs is 1. The number of carbonyl (C=O) groups is 1. The van der Waals surface area contributed by atoms with Crippen LogP contribution in [0.4, 0.5) is 27.6 Å². The molecule has 1 fully saturated rings. The molecule has 2 aromatic rings. The van der Waals surface area contributed by atoms with Gasteiger partial charge in [-0.05, 0) is 25.5 Å². The topological polar surface area (TPSA) is 112 Å². The number of benzene rings is 1. The molecule has 3 N–H and O–H groups in total. The molecule has 8 nitrogen and oxygen atoms in total. The predicted molar refractivity (Wildman–Crippen MR) is 110 cm³/mol. The third kappa shape index (κ3) is 4.56. The number of ether oxygens (including phenoxy) is 2. The van der Waals surface area contributed by atoms with Crippen molar-refractivity contribution in [3.05, 3.63) is 46.1 Å². The number of hydrogen-bond donors (Lipinski definition) is 2. The van der Waals surface area contributed by atoms with E-state index in [1.165, 1.54) is 13.0 Å². The van der Waals surface area contributed by atoms with Crippen LogP contribution < -0.4 is 15.8 Å². The molecule has 182 valence electrons. The Bertz CT molecular complexity index is 1180. The maximum atomic E-state index is 14.7. The molecule has 3 atom stereocenters. The minimum Gasteiger partial charge on any atom is -0.467 e. The maximum Gasteiger partial charge on any atom is 0.422 e.